The highest BCUT2D eigenvalue weighted by molar-refractivity contribution is 8.27. The summed E-state index contributed by atoms with van der Waals surface area (Å²) in [4.78, 5) is 15.2. The van der Waals surface area contributed by atoms with Crippen LogP contribution in [0.1, 0.15) is 37.0 Å². The largest absolute Gasteiger partial charge is 0.490 e. The van der Waals surface area contributed by atoms with Crippen molar-refractivity contribution in [1.82, 2.24) is 0 Å². The smallest absolute Gasteiger partial charge is 0.270 e. The second kappa shape index (κ2) is 8.28. The van der Waals surface area contributed by atoms with Gasteiger partial charge in [-0.3, -0.25) is 9.69 Å². The van der Waals surface area contributed by atoms with E-state index in [1.54, 1.807) is 4.90 Å². The molecule has 1 fully saturated rings. The maximum atomic E-state index is 13.0. The van der Waals surface area contributed by atoms with E-state index in [-0.39, 0.29) is 12.0 Å². The quantitative estimate of drug-likeness (QED) is 0.465. The van der Waals surface area contributed by atoms with Gasteiger partial charge >= 0.3 is 0 Å². The van der Waals surface area contributed by atoms with Gasteiger partial charge in [-0.1, -0.05) is 55.2 Å². The molecule has 0 bridgehead atoms. The molecule has 1 amide bonds. The molecule has 1 heterocycles. The normalized spacial score (nSPS) is 16.9. The minimum atomic E-state index is -0.0911. The summed E-state index contributed by atoms with van der Waals surface area (Å²) in [5, 5.41) is 0. The lowest BCUT2D eigenvalue weighted by Crippen LogP contribution is -2.27. The molecule has 1 aliphatic heterocycles. The second-order valence-corrected chi connectivity index (χ2v) is 8.34. The number of rotatable bonds is 5. The van der Waals surface area contributed by atoms with E-state index in [4.69, 9.17) is 17.0 Å². The SMILES string of the molecule is CCC(C)Oc1ccccc1/C=C1/SC(=S)N(c2ccc(C)c(C)c2)C1=O. The van der Waals surface area contributed by atoms with Crippen LogP contribution in [0, 0.1) is 13.8 Å². The number of anilines is 1. The van der Waals surface area contributed by atoms with Crippen LogP contribution in [0.4, 0.5) is 5.69 Å². The summed E-state index contributed by atoms with van der Waals surface area (Å²) in [7, 11) is 0. The van der Waals surface area contributed by atoms with Crippen LogP contribution in [0.3, 0.4) is 0 Å². The molecule has 1 aliphatic rings. The van der Waals surface area contributed by atoms with Crippen molar-refractivity contribution in [3.8, 4) is 5.75 Å². The first-order chi connectivity index (χ1) is 12.9. The molecule has 0 N–H and O–H groups in total. The Labute approximate surface area is 170 Å². The molecule has 3 nitrogen and oxygen atoms in total. The van der Waals surface area contributed by atoms with Gasteiger partial charge in [0.25, 0.3) is 5.91 Å². The van der Waals surface area contributed by atoms with E-state index < -0.39 is 0 Å². The first kappa shape index (κ1) is 19.6. The number of ether oxygens (including phenoxy) is 1. The van der Waals surface area contributed by atoms with Gasteiger partial charge in [0, 0.05) is 5.56 Å². The minimum Gasteiger partial charge on any atom is -0.490 e. The number of benzene rings is 2. The van der Waals surface area contributed by atoms with E-state index in [9.17, 15) is 4.79 Å². The predicted octanol–water partition coefficient (Wildman–Crippen LogP) is 5.89. The molecule has 140 valence electrons. The number of thioether (sulfide) groups is 1. The van der Waals surface area contributed by atoms with Gasteiger partial charge in [-0.15, -0.1) is 0 Å². The molecule has 0 aliphatic carbocycles. The molecular formula is C22H23NO2S2. The highest BCUT2D eigenvalue weighted by Gasteiger charge is 2.33. The van der Waals surface area contributed by atoms with Gasteiger partial charge in [-0.2, -0.15) is 0 Å². The Hall–Kier alpha value is -2.11. The number of para-hydroxylation sites is 1. The zero-order valence-corrected chi connectivity index (χ0v) is 17.6. The highest BCUT2D eigenvalue weighted by atomic mass is 32.2. The molecule has 0 aromatic heterocycles. The molecule has 2 aromatic carbocycles. The summed E-state index contributed by atoms with van der Waals surface area (Å²) in [6, 6.07) is 13.7. The summed E-state index contributed by atoms with van der Waals surface area (Å²) in [5.74, 6) is 0.690. The molecule has 1 saturated heterocycles. The van der Waals surface area contributed by atoms with Crippen LogP contribution in [-0.4, -0.2) is 16.3 Å². The van der Waals surface area contributed by atoms with Crippen LogP contribution in [0.15, 0.2) is 47.4 Å². The minimum absolute atomic E-state index is 0.0911. The van der Waals surface area contributed by atoms with Crippen LogP contribution < -0.4 is 9.64 Å². The topological polar surface area (TPSA) is 29.5 Å². The summed E-state index contributed by atoms with van der Waals surface area (Å²) in [5.41, 5.74) is 4.03. The zero-order chi connectivity index (χ0) is 19.6. The monoisotopic (exact) mass is 397 g/mol. The fraction of sp³-hybridized carbons (Fsp3) is 0.273. The van der Waals surface area contributed by atoms with Crippen molar-refractivity contribution in [2.75, 3.05) is 4.90 Å². The molecule has 0 radical (unpaired) electrons. The average molecular weight is 398 g/mol. The van der Waals surface area contributed by atoms with Crippen molar-refractivity contribution >= 4 is 46.0 Å². The Morgan fingerprint density at radius 2 is 1.93 bits per heavy atom. The van der Waals surface area contributed by atoms with Gasteiger partial charge in [0.05, 0.1) is 16.7 Å². The van der Waals surface area contributed by atoms with Crippen LogP contribution in [0.5, 0.6) is 5.75 Å². The average Bonchev–Trinajstić information content (AvgIpc) is 2.92. The van der Waals surface area contributed by atoms with Crippen molar-refractivity contribution in [2.45, 2.75) is 40.2 Å². The number of hydrogen-bond donors (Lipinski definition) is 0. The van der Waals surface area contributed by atoms with E-state index in [2.05, 4.69) is 13.8 Å². The van der Waals surface area contributed by atoms with Gasteiger partial charge < -0.3 is 4.74 Å². The second-order valence-electron chi connectivity index (χ2n) is 6.66. The van der Waals surface area contributed by atoms with Crippen LogP contribution in [0.2, 0.25) is 0 Å². The standard InChI is InChI=1S/C22H23NO2S2/c1-5-16(4)25-19-9-7-6-8-17(19)13-20-21(24)23(22(26)27-20)18-11-10-14(2)15(3)12-18/h6-13,16H,5H2,1-4H3/b20-13+. The Bertz CT molecular complexity index is 920. The molecule has 3 rings (SSSR count). The Balaban J connectivity index is 1.92. The lowest BCUT2D eigenvalue weighted by Gasteiger charge is -2.16. The third kappa shape index (κ3) is 4.25. The molecule has 1 unspecified atom stereocenters. The van der Waals surface area contributed by atoms with Crippen molar-refractivity contribution in [2.24, 2.45) is 0 Å². The first-order valence-electron chi connectivity index (χ1n) is 9.01. The number of aryl methyl sites for hydroxylation is 2. The number of thiocarbonyl (C=S) groups is 1. The molecule has 0 spiro atoms. The van der Waals surface area contributed by atoms with E-state index in [1.165, 1.54) is 17.3 Å². The summed E-state index contributed by atoms with van der Waals surface area (Å²) in [6.45, 7) is 8.21. The number of carbonyl (C=O) groups is 1. The highest BCUT2D eigenvalue weighted by Crippen LogP contribution is 2.37. The first-order valence-corrected chi connectivity index (χ1v) is 10.2. The summed E-state index contributed by atoms with van der Waals surface area (Å²) < 4.78 is 6.55. The van der Waals surface area contributed by atoms with Gasteiger partial charge in [0.15, 0.2) is 4.32 Å². The number of amides is 1. The van der Waals surface area contributed by atoms with Crippen LogP contribution >= 0.6 is 24.0 Å². The Morgan fingerprint density at radius 1 is 1.19 bits per heavy atom. The van der Waals surface area contributed by atoms with Gasteiger partial charge in [0.2, 0.25) is 0 Å². The van der Waals surface area contributed by atoms with E-state index >= 15 is 0 Å². The fourth-order valence-electron chi connectivity index (χ4n) is 2.70. The molecule has 2 aromatic rings. The molecular weight excluding hydrogens is 374 g/mol. The van der Waals surface area contributed by atoms with Gasteiger partial charge in [-0.25, -0.2) is 0 Å². The molecule has 1 atom stereocenters. The van der Waals surface area contributed by atoms with Gasteiger partial charge in [0.1, 0.15) is 5.75 Å². The summed E-state index contributed by atoms with van der Waals surface area (Å²) in [6.07, 6.45) is 2.91. The molecule has 27 heavy (non-hydrogen) atoms. The van der Waals surface area contributed by atoms with E-state index in [0.717, 1.165) is 29.0 Å². The summed E-state index contributed by atoms with van der Waals surface area (Å²) >= 11 is 6.81. The predicted molar refractivity (Wildman–Crippen MR) is 118 cm³/mol. The third-order valence-electron chi connectivity index (χ3n) is 4.65. The van der Waals surface area contributed by atoms with Crippen molar-refractivity contribution in [3.05, 3.63) is 64.1 Å². The van der Waals surface area contributed by atoms with E-state index in [0.29, 0.717) is 9.23 Å². The zero-order valence-electron chi connectivity index (χ0n) is 16.0. The molecule has 0 saturated carbocycles. The van der Waals surface area contributed by atoms with Crippen LogP contribution in [0.25, 0.3) is 6.08 Å². The van der Waals surface area contributed by atoms with Crippen molar-refractivity contribution in [1.29, 1.82) is 0 Å². The lowest BCUT2D eigenvalue weighted by atomic mass is 10.1. The Morgan fingerprint density at radius 3 is 2.63 bits per heavy atom. The van der Waals surface area contributed by atoms with E-state index in [1.807, 2.05) is 62.4 Å². The lowest BCUT2D eigenvalue weighted by molar-refractivity contribution is -0.113. The van der Waals surface area contributed by atoms with Crippen molar-refractivity contribution in [3.63, 3.8) is 0 Å². The third-order valence-corrected chi connectivity index (χ3v) is 5.95. The molecule has 5 heteroatoms. The maximum Gasteiger partial charge on any atom is 0.270 e. The van der Waals surface area contributed by atoms with Crippen LogP contribution in [-0.2, 0) is 4.79 Å². The Kier molecular flexibility index (Phi) is 6.02. The van der Waals surface area contributed by atoms with Crippen molar-refractivity contribution < 1.29 is 9.53 Å². The fourth-order valence-corrected chi connectivity index (χ4v) is 3.99. The number of nitrogens with zero attached hydrogens (tertiary/aromatic N) is 1. The maximum absolute atomic E-state index is 13.0. The van der Waals surface area contributed by atoms with Gasteiger partial charge in [-0.05, 0) is 62.6 Å². The number of hydrogen-bond acceptors (Lipinski definition) is 4. The number of carbonyl (C=O) groups excluding carboxylic acids is 1.